The van der Waals surface area contributed by atoms with Crippen molar-refractivity contribution in [2.24, 2.45) is 0 Å². The Labute approximate surface area is 133 Å². The van der Waals surface area contributed by atoms with Gasteiger partial charge in [0.15, 0.2) is 0 Å². The number of hydrogen-bond donors (Lipinski definition) is 1. The maximum absolute atomic E-state index is 12.7. The second-order valence-electron chi connectivity index (χ2n) is 5.39. The molecule has 0 atom stereocenters. The molecule has 0 aromatic carbocycles. The van der Waals surface area contributed by atoms with Crippen LogP contribution in [0.25, 0.3) is 0 Å². The van der Waals surface area contributed by atoms with Gasteiger partial charge in [0.1, 0.15) is 4.21 Å². The van der Waals surface area contributed by atoms with Crippen LogP contribution in [0.15, 0.2) is 16.3 Å². The number of thiophene rings is 1. The minimum Gasteiger partial charge on any atom is -0.481 e. The normalized spacial score (nSPS) is 18.8. The lowest BCUT2D eigenvalue weighted by Crippen LogP contribution is -2.51. The fourth-order valence-corrected chi connectivity index (χ4v) is 6.13. The molecule has 0 radical (unpaired) electrons. The van der Waals surface area contributed by atoms with Crippen molar-refractivity contribution in [1.29, 1.82) is 0 Å². The van der Waals surface area contributed by atoms with E-state index in [9.17, 15) is 18.3 Å². The predicted molar refractivity (Wildman–Crippen MR) is 82.3 cm³/mol. The highest BCUT2D eigenvalue weighted by atomic mass is 35.5. The van der Waals surface area contributed by atoms with Gasteiger partial charge in [0.25, 0.3) is 10.0 Å². The van der Waals surface area contributed by atoms with Crippen LogP contribution in [0.5, 0.6) is 0 Å². The summed E-state index contributed by atoms with van der Waals surface area (Å²) in [6.07, 6.45) is 3.70. The SMILES string of the molecule is CN(C1(CC(=O)O)CCCCC1)S(=O)(=O)c1ccc(Cl)s1. The van der Waals surface area contributed by atoms with Crippen LogP contribution in [0.2, 0.25) is 4.34 Å². The Hall–Kier alpha value is -0.630. The van der Waals surface area contributed by atoms with Crippen molar-refractivity contribution in [3.63, 3.8) is 0 Å². The molecule has 21 heavy (non-hydrogen) atoms. The zero-order chi connectivity index (χ0) is 15.7. The molecule has 118 valence electrons. The number of hydrogen-bond acceptors (Lipinski definition) is 4. The summed E-state index contributed by atoms with van der Waals surface area (Å²) in [5, 5.41) is 9.18. The zero-order valence-corrected chi connectivity index (χ0v) is 14.1. The lowest BCUT2D eigenvalue weighted by Gasteiger charge is -2.42. The molecule has 1 aromatic rings. The summed E-state index contributed by atoms with van der Waals surface area (Å²) in [5.74, 6) is -0.969. The van der Waals surface area contributed by atoms with E-state index < -0.39 is 21.5 Å². The highest BCUT2D eigenvalue weighted by Gasteiger charge is 2.44. The second kappa shape index (κ2) is 6.24. The van der Waals surface area contributed by atoms with Crippen LogP contribution in [0.3, 0.4) is 0 Å². The highest BCUT2D eigenvalue weighted by Crippen LogP contribution is 2.40. The van der Waals surface area contributed by atoms with Gasteiger partial charge in [0.2, 0.25) is 0 Å². The molecule has 1 N–H and O–H groups in total. The van der Waals surface area contributed by atoms with Crippen molar-refractivity contribution in [3.05, 3.63) is 16.5 Å². The molecule has 1 aromatic heterocycles. The molecule has 8 heteroatoms. The van der Waals surface area contributed by atoms with E-state index in [0.29, 0.717) is 17.2 Å². The average Bonchev–Trinajstić information content (AvgIpc) is 2.85. The van der Waals surface area contributed by atoms with E-state index in [2.05, 4.69) is 0 Å². The van der Waals surface area contributed by atoms with Gasteiger partial charge in [-0.1, -0.05) is 30.9 Å². The van der Waals surface area contributed by atoms with E-state index in [0.717, 1.165) is 30.6 Å². The van der Waals surface area contributed by atoms with Crippen LogP contribution in [-0.4, -0.2) is 36.4 Å². The first-order chi connectivity index (χ1) is 9.78. The maximum atomic E-state index is 12.7. The zero-order valence-electron chi connectivity index (χ0n) is 11.7. The minimum absolute atomic E-state index is 0.158. The van der Waals surface area contributed by atoms with E-state index in [1.165, 1.54) is 23.5 Å². The van der Waals surface area contributed by atoms with Gasteiger partial charge in [-0.25, -0.2) is 8.42 Å². The van der Waals surface area contributed by atoms with Crippen molar-refractivity contribution in [1.82, 2.24) is 4.31 Å². The summed E-state index contributed by atoms with van der Waals surface area (Å²) in [7, 11) is -2.23. The fraction of sp³-hybridized carbons (Fsp3) is 0.615. The number of nitrogens with zero attached hydrogens (tertiary/aromatic N) is 1. The molecule has 0 aliphatic heterocycles. The van der Waals surface area contributed by atoms with E-state index in [1.807, 2.05) is 0 Å². The van der Waals surface area contributed by atoms with Crippen molar-refractivity contribution < 1.29 is 18.3 Å². The topological polar surface area (TPSA) is 74.7 Å². The van der Waals surface area contributed by atoms with Crippen LogP contribution in [0.1, 0.15) is 38.5 Å². The molecule has 0 unspecified atom stereocenters. The molecular weight excluding hydrogens is 334 g/mol. The Morgan fingerprint density at radius 1 is 1.38 bits per heavy atom. The Bertz CT molecular complexity index is 620. The molecule has 1 heterocycles. The molecule has 5 nitrogen and oxygen atoms in total. The van der Waals surface area contributed by atoms with Gasteiger partial charge in [0.05, 0.1) is 10.8 Å². The van der Waals surface area contributed by atoms with Gasteiger partial charge < -0.3 is 5.11 Å². The van der Waals surface area contributed by atoms with Gasteiger partial charge in [-0.2, -0.15) is 4.31 Å². The number of halogens is 1. The molecule has 2 rings (SSSR count). The Morgan fingerprint density at radius 3 is 2.48 bits per heavy atom. The minimum atomic E-state index is -3.72. The first-order valence-corrected chi connectivity index (χ1v) is 9.38. The summed E-state index contributed by atoms with van der Waals surface area (Å²) in [5.41, 5.74) is -0.834. The van der Waals surface area contributed by atoms with Crippen LogP contribution in [0.4, 0.5) is 0 Å². The molecule has 1 fully saturated rings. The lowest BCUT2D eigenvalue weighted by atomic mass is 9.79. The van der Waals surface area contributed by atoms with Gasteiger partial charge in [-0.15, -0.1) is 11.3 Å². The summed E-state index contributed by atoms with van der Waals surface area (Å²) < 4.78 is 27.3. The van der Waals surface area contributed by atoms with Gasteiger partial charge in [0, 0.05) is 12.6 Å². The van der Waals surface area contributed by atoms with Crippen molar-refractivity contribution in [3.8, 4) is 0 Å². The number of carboxylic acids is 1. The summed E-state index contributed by atoms with van der Waals surface area (Å²) >= 11 is 6.81. The fourth-order valence-electron chi connectivity index (χ4n) is 2.92. The Morgan fingerprint density at radius 2 is 2.00 bits per heavy atom. The molecule has 0 spiro atoms. The van der Waals surface area contributed by atoms with Crippen LogP contribution < -0.4 is 0 Å². The van der Waals surface area contributed by atoms with E-state index in [-0.39, 0.29) is 10.6 Å². The van der Waals surface area contributed by atoms with E-state index in [1.54, 1.807) is 0 Å². The lowest BCUT2D eigenvalue weighted by molar-refractivity contribution is -0.140. The second-order valence-corrected chi connectivity index (χ2v) is 9.30. The molecular formula is C13H18ClNO4S2. The number of aliphatic carboxylic acids is 1. The summed E-state index contributed by atoms with van der Waals surface area (Å²) in [6.45, 7) is 0. The number of rotatable bonds is 5. The van der Waals surface area contributed by atoms with Gasteiger partial charge >= 0.3 is 5.97 Å². The standard InChI is InChI=1S/C13H18ClNO4S2/c1-15(21(18,19)12-6-5-10(14)20-12)13(9-11(16)17)7-3-2-4-8-13/h5-6H,2-4,7-9H2,1H3,(H,16,17). The van der Waals surface area contributed by atoms with Crippen LogP contribution in [0, 0.1) is 0 Å². The molecule has 0 saturated heterocycles. The third-order valence-electron chi connectivity index (χ3n) is 4.10. The van der Waals surface area contributed by atoms with Gasteiger partial charge in [-0.05, 0) is 25.0 Å². The molecule has 0 amide bonds. The van der Waals surface area contributed by atoms with Crippen LogP contribution in [-0.2, 0) is 14.8 Å². The number of sulfonamides is 1. The first kappa shape index (κ1) is 16.7. The molecule has 1 saturated carbocycles. The summed E-state index contributed by atoms with van der Waals surface area (Å²) in [4.78, 5) is 11.2. The van der Waals surface area contributed by atoms with Crippen molar-refractivity contribution in [2.45, 2.75) is 48.3 Å². The largest absolute Gasteiger partial charge is 0.481 e. The predicted octanol–water partition coefficient (Wildman–Crippen LogP) is 3.20. The Balaban J connectivity index is 2.37. The third-order valence-corrected chi connectivity index (χ3v) is 7.76. The Kier molecular flexibility index (Phi) is 4.97. The monoisotopic (exact) mass is 351 g/mol. The average molecular weight is 352 g/mol. The molecule has 0 bridgehead atoms. The number of carboxylic acid groups (broad SMARTS) is 1. The van der Waals surface area contributed by atoms with Crippen molar-refractivity contribution >= 4 is 38.9 Å². The summed E-state index contributed by atoms with van der Waals surface area (Å²) in [6, 6.07) is 3.01. The smallest absolute Gasteiger partial charge is 0.305 e. The number of carbonyl (C=O) groups is 1. The van der Waals surface area contributed by atoms with Crippen LogP contribution >= 0.6 is 22.9 Å². The highest BCUT2D eigenvalue weighted by molar-refractivity contribution is 7.91. The molecule has 1 aliphatic rings. The van der Waals surface area contributed by atoms with Crippen molar-refractivity contribution in [2.75, 3.05) is 7.05 Å². The molecule has 1 aliphatic carbocycles. The third kappa shape index (κ3) is 3.41. The first-order valence-electron chi connectivity index (χ1n) is 6.74. The van der Waals surface area contributed by atoms with Gasteiger partial charge in [-0.3, -0.25) is 4.79 Å². The van der Waals surface area contributed by atoms with E-state index >= 15 is 0 Å². The van der Waals surface area contributed by atoms with E-state index in [4.69, 9.17) is 11.6 Å². The quantitative estimate of drug-likeness (QED) is 0.883. The maximum Gasteiger partial charge on any atom is 0.305 e.